The van der Waals surface area contributed by atoms with Gasteiger partial charge in [-0.2, -0.15) is 0 Å². The second-order valence-electron chi connectivity index (χ2n) is 10.0. The van der Waals surface area contributed by atoms with Crippen LogP contribution in [0.1, 0.15) is 11.5 Å². The predicted octanol–water partition coefficient (Wildman–Crippen LogP) is 9.18. The van der Waals surface area contributed by atoms with E-state index in [-0.39, 0.29) is 6.04 Å². The van der Waals surface area contributed by atoms with Crippen LogP contribution in [-0.4, -0.2) is 11.0 Å². The van der Waals surface area contributed by atoms with Gasteiger partial charge in [-0.25, -0.2) is 4.98 Å². The van der Waals surface area contributed by atoms with Gasteiger partial charge >= 0.3 is 0 Å². The molecule has 8 rings (SSSR count). The van der Waals surface area contributed by atoms with Crippen molar-refractivity contribution in [2.45, 2.75) is 12.0 Å². The molecule has 0 fully saturated rings. The molecule has 3 heterocycles. The third-order valence-electron chi connectivity index (χ3n) is 7.83. The Kier molecular flexibility index (Phi) is 4.92. The number of rotatable bonds is 4. The van der Waals surface area contributed by atoms with E-state index in [4.69, 9.17) is 9.40 Å². The van der Waals surface area contributed by atoms with Gasteiger partial charge in [0, 0.05) is 45.6 Å². The van der Waals surface area contributed by atoms with Crippen LogP contribution in [0.4, 0.5) is 28.6 Å². The van der Waals surface area contributed by atoms with Crippen LogP contribution >= 0.6 is 0 Å². The van der Waals surface area contributed by atoms with Crippen molar-refractivity contribution in [3.63, 3.8) is 0 Å². The molecule has 1 aliphatic carbocycles. The summed E-state index contributed by atoms with van der Waals surface area (Å²) in [4.78, 5) is 9.46. The molecule has 0 saturated heterocycles. The number of furan rings is 1. The van der Waals surface area contributed by atoms with E-state index in [2.05, 4.69) is 107 Å². The number of allylic oxidation sites excluding steroid dienone is 2. The SMILES string of the molecule is C1=CC2c3ccccc3N(c3ccc4oc5c(N(c6ccccc6)c6ccccc6)nccc5c4c3)C2C=C1. The molecule has 1 aliphatic heterocycles. The molecule has 186 valence electrons. The second-order valence-corrected chi connectivity index (χ2v) is 10.0. The maximum Gasteiger partial charge on any atom is 0.181 e. The maximum atomic E-state index is 6.55. The van der Waals surface area contributed by atoms with Gasteiger partial charge in [0.05, 0.1) is 6.04 Å². The molecule has 0 radical (unpaired) electrons. The smallest absolute Gasteiger partial charge is 0.181 e. The molecule has 0 spiro atoms. The van der Waals surface area contributed by atoms with Gasteiger partial charge in [0.1, 0.15) is 5.58 Å². The van der Waals surface area contributed by atoms with Crippen LogP contribution in [0, 0.1) is 0 Å². The van der Waals surface area contributed by atoms with Gasteiger partial charge in [0.15, 0.2) is 11.4 Å². The lowest BCUT2D eigenvalue weighted by molar-refractivity contribution is 0.667. The highest BCUT2D eigenvalue weighted by Gasteiger charge is 2.37. The molecule has 0 N–H and O–H groups in total. The monoisotopic (exact) mass is 503 g/mol. The first-order valence-electron chi connectivity index (χ1n) is 13.3. The van der Waals surface area contributed by atoms with Gasteiger partial charge < -0.3 is 9.32 Å². The Morgan fingerprint density at radius 2 is 1.41 bits per heavy atom. The van der Waals surface area contributed by atoms with Gasteiger partial charge in [-0.1, -0.05) is 78.9 Å². The van der Waals surface area contributed by atoms with Crippen LogP contribution in [0.15, 0.2) is 144 Å². The molecule has 4 nitrogen and oxygen atoms in total. The average Bonchev–Trinajstić information content (AvgIpc) is 3.54. The van der Waals surface area contributed by atoms with E-state index < -0.39 is 0 Å². The third-order valence-corrected chi connectivity index (χ3v) is 7.83. The fraction of sp³-hybridized carbons (Fsp3) is 0.0571. The number of fused-ring (bicyclic) bond motifs is 6. The first-order chi connectivity index (χ1) is 19.4. The molecule has 0 amide bonds. The van der Waals surface area contributed by atoms with Gasteiger partial charge in [0.25, 0.3) is 0 Å². The molecule has 2 aliphatic rings. The predicted molar refractivity (Wildman–Crippen MR) is 160 cm³/mol. The molecule has 6 aromatic rings. The Hall–Kier alpha value is -5.09. The first-order valence-corrected chi connectivity index (χ1v) is 13.3. The molecule has 0 bridgehead atoms. The summed E-state index contributed by atoms with van der Waals surface area (Å²) in [5.74, 6) is 1.12. The number of aromatic nitrogens is 1. The quantitative estimate of drug-likeness (QED) is 0.240. The van der Waals surface area contributed by atoms with Crippen molar-refractivity contribution < 1.29 is 4.42 Å². The fourth-order valence-corrected chi connectivity index (χ4v) is 6.12. The Bertz CT molecular complexity index is 1850. The normalized spacial score (nSPS) is 17.5. The van der Waals surface area contributed by atoms with Crippen LogP contribution < -0.4 is 9.80 Å². The summed E-state index contributed by atoms with van der Waals surface area (Å²) in [5, 5.41) is 2.14. The van der Waals surface area contributed by atoms with Crippen LogP contribution in [-0.2, 0) is 0 Å². The molecule has 0 saturated carbocycles. The molecular weight excluding hydrogens is 478 g/mol. The van der Waals surface area contributed by atoms with Crippen molar-refractivity contribution in [2.75, 3.05) is 9.80 Å². The van der Waals surface area contributed by atoms with Gasteiger partial charge in [0.2, 0.25) is 0 Å². The van der Waals surface area contributed by atoms with E-state index in [1.807, 2.05) is 42.6 Å². The van der Waals surface area contributed by atoms with Crippen molar-refractivity contribution in [1.82, 2.24) is 4.98 Å². The van der Waals surface area contributed by atoms with Crippen molar-refractivity contribution in [2.24, 2.45) is 0 Å². The maximum absolute atomic E-state index is 6.55. The molecule has 2 atom stereocenters. The van der Waals surface area contributed by atoms with E-state index >= 15 is 0 Å². The number of nitrogens with zero attached hydrogens (tertiary/aromatic N) is 3. The minimum Gasteiger partial charge on any atom is -0.452 e. The summed E-state index contributed by atoms with van der Waals surface area (Å²) in [6.45, 7) is 0. The van der Waals surface area contributed by atoms with E-state index in [0.717, 1.165) is 44.8 Å². The summed E-state index contributed by atoms with van der Waals surface area (Å²) in [5.41, 5.74) is 7.48. The zero-order chi connectivity index (χ0) is 25.8. The number of anilines is 5. The van der Waals surface area contributed by atoms with E-state index in [1.54, 1.807) is 0 Å². The fourth-order valence-electron chi connectivity index (χ4n) is 6.12. The summed E-state index contributed by atoms with van der Waals surface area (Å²) < 4.78 is 6.55. The Morgan fingerprint density at radius 1 is 0.692 bits per heavy atom. The third kappa shape index (κ3) is 3.42. The topological polar surface area (TPSA) is 32.5 Å². The summed E-state index contributed by atoms with van der Waals surface area (Å²) >= 11 is 0. The van der Waals surface area contributed by atoms with Crippen molar-refractivity contribution in [3.05, 3.63) is 145 Å². The minimum absolute atomic E-state index is 0.256. The molecule has 2 aromatic heterocycles. The minimum atomic E-state index is 0.256. The Balaban J connectivity index is 1.31. The number of benzene rings is 4. The highest BCUT2D eigenvalue weighted by atomic mass is 16.3. The van der Waals surface area contributed by atoms with Crippen LogP contribution in [0.25, 0.3) is 21.9 Å². The van der Waals surface area contributed by atoms with Crippen LogP contribution in [0.3, 0.4) is 0 Å². The molecule has 2 unspecified atom stereocenters. The number of pyridine rings is 1. The van der Waals surface area contributed by atoms with Gasteiger partial charge in [-0.15, -0.1) is 0 Å². The number of hydrogen-bond acceptors (Lipinski definition) is 4. The van der Waals surface area contributed by atoms with E-state index in [9.17, 15) is 0 Å². The molecule has 4 heteroatoms. The van der Waals surface area contributed by atoms with Crippen LogP contribution in [0.2, 0.25) is 0 Å². The lowest BCUT2D eigenvalue weighted by Gasteiger charge is -2.28. The van der Waals surface area contributed by atoms with Gasteiger partial charge in [-0.05, 0) is 60.2 Å². The summed E-state index contributed by atoms with van der Waals surface area (Å²) in [6, 6.07) is 38.3. The summed E-state index contributed by atoms with van der Waals surface area (Å²) in [7, 11) is 0. The molecule has 39 heavy (non-hydrogen) atoms. The highest BCUT2D eigenvalue weighted by Crippen LogP contribution is 2.48. The zero-order valence-electron chi connectivity index (χ0n) is 21.2. The number of para-hydroxylation sites is 3. The Morgan fingerprint density at radius 3 is 2.21 bits per heavy atom. The van der Waals surface area contributed by atoms with Crippen molar-refractivity contribution >= 4 is 50.5 Å². The van der Waals surface area contributed by atoms with Crippen LogP contribution in [0.5, 0.6) is 0 Å². The average molecular weight is 504 g/mol. The van der Waals surface area contributed by atoms with E-state index in [1.165, 1.54) is 11.3 Å². The van der Waals surface area contributed by atoms with Crippen molar-refractivity contribution in [3.8, 4) is 0 Å². The second kappa shape index (κ2) is 8.74. The van der Waals surface area contributed by atoms with Crippen molar-refractivity contribution in [1.29, 1.82) is 0 Å². The zero-order valence-corrected chi connectivity index (χ0v) is 21.2. The lowest BCUT2D eigenvalue weighted by Crippen LogP contribution is -2.28. The van der Waals surface area contributed by atoms with E-state index in [0.29, 0.717) is 5.92 Å². The first kappa shape index (κ1) is 21.9. The Labute approximate surface area is 226 Å². The molecular formula is C35H25N3O. The standard InChI is InChI=1S/C35H25N3O/c1-3-11-24(12-4-1)37(25-13-5-2-6-14-25)35-34-29(21-22-36-35)30-23-26(19-20-33(30)39-34)38-31-17-9-7-15-27(31)28-16-8-10-18-32(28)38/h1-23,27,31H. The molecule has 4 aromatic carbocycles. The number of hydrogen-bond donors (Lipinski definition) is 0. The van der Waals surface area contributed by atoms with Gasteiger partial charge in [-0.3, -0.25) is 4.90 Å². The lowest BCUT2D eigenvalue weighted by atomic mass is 9.91. The summed E-state index contributed by atoms with van der Waals surface area (Å²) in [6.07, 6.45) is 10.8. The largest absolute Gasteiger partial charge is 0.452 e. The highest BCUT2D eigenvalue weighted by molar-refractivity contribution is 6.10.